The fourth-order valence-corrected chi connectivity index (χ4v) is 4.40. The first-order valence-electron chi connectivity index (χ1n) is 7.95. The first-order valence-corrected chi connectivity index (χ1v) is 9.86. The summed E-state index contributed by atoms with van der Waals surface area (Å²) >= 11 is 13.3. The molecule has 26 heavy (non-hydrogen) atoms. The van der Waals surface area contributed by atoms with E-state index in [1.165, 1.54) is 28.8 Å². The normalized spacial score (nSPS) is 16.6. The molecule has 0 bridgehead atoms. The summed E-state index contributed by atoms with van der Waals surface area (Å²) in [5, 5.41) is 3.21. The number of halogens is 2. The van der Waals surface area contributed by atoms with Crippen LogP contribution in [0, 0.1) is 13.8 Å². The summed E-state index contributed by atoms with van der Waals surface area (Å²) in [5.41, 5.74) is 3.18. The molecule has 0 aliphatic carbocycles. The number of aromatic nitrogens is 1. The zero-order valence-electron chi connectivity index (χ0n) is 14.3. The minimum atomic E-state index is -0.557. The van der Waals surface area contributed by atoms with Gasteiger partial charge < -0.3 is 10.2 Å². The molecule has 1 aliphatic heterocycles. The maximum absolute atomic E-state index is 12.8. The van der Waals surface area contributed by atoms with Crippen LogP contribution in [-0.2, 0) is 4.79 Å². The van der Waals surface area contributed by atoms with Crippen LogP contribution >= 0.6 is 35.0 Å². The predicted octanol–water partition coefficient (Wildman–Crippen LogP) is 4.16. The molecule has 136 valence electrons. The lowest BCUT2D eigenvalue weighted by molar-refractivity contribution is -0.119. The van der Waals surface area contributed by atoms with Crippen molar-refractivity contribution in [3.63, 3.8) is 0 Å². The highest BCUT2D eigenvalue weighted by atomic mass is 35.5. The van der Waals surface area contributed by atoms with E-state index < -0.39 is 6.04 Å². The van der Waals surface area contributed by atoms with Crippen molar-refractivity contribution in [2.75, 3.05) is 16.9 Å². The third-order valence-electron chi connectivity index (χ3n) is 4.10. The van der Waals surface area contributed by atoms with Gasteiger partial charge in [-0.3, -0.25) is 9.59 Å². The Hall–Kier alpha value is -1.76. The summed E-state index contributed by atoms with van der Waals surface area (Å²) in [6, 6.07) is 8.17. The van der Waals surface area contributed by atoms with E-state index in [4.69, 9.17) is 23.2 Å². The van der Waals surface area contributed by atoms with Gasteiger partial charge in [0.1, 0.15) is 16.3 Å². The molecule has 0 radical (unpaired) electrons. The number of pyridine rings is 1. The Kier molecular flexibility index (Phi) is 5.75. The summed E-state index contributed by atoms with van der Waals surface area (Å²) in [5.74, 6) is 0.472. The van der Waals surface area contributed by atoms with Crippen molar-refractivity contribution < 1.29 is 9.59 Å². The van der Waals surface area contributed by atoms with E-state index in [-0.39, 0.29) is 22.1 Å². The third kappa shape index (κ3) is 4.14. The average Bonchev–Trinajstić information content (AvgIpc) is 3.05. The van der Waals surface area contributed by atoms with Gasteiger partial charge in [0.2, 0.25) is 5.91 Å². The smallest absolute Gasteiger partial charge is 0.255 e. The molecule has 2 aromatic rings. The van der Waals surface area contributed by atoms with Crippen LogP contribution in [0.5, 0.6) is 0 Å². The van der Waals surface area contributed by atoms with E-state index in [1.807, 2.05) is 32.0 Å². The van der Waals surface area contributed by atoms with Crippen molar-refractivity contribution in [3.8, 4) is 0 Å². The van der Waals surface area contributed by atoms with Gasteiger partial charge in [-0.1, -0.05) is 40.9 Å². The Bertz CT molecular complexity index is 855. The zero-order valence-corrected chi connectivity index (χ0v) is 16.6. The van der Waals surface area contributed by atoms with Gasteiger partial charge in [0.25, 0.3) is 5.91 Å². The third-order valence-corrected chi connectivity index (χ3v) is 5.49. The second-order valence-electron chi connectivity index (χ2n) is 6.10. The van der Waals surface area contributed by atoms with Gasteiger partial charge in [-0.15, -0.1) is 11.8 Å². The first-order chi connectivity index (χ1) is 12.3. The Morgan fingerprint density at radius 2 is 1.88 bits per heavy atom. The number of aryl methyl sites for hydroxylation is 2. The summed E-state index contributed by atoms with van der Waals surface area (Å²) in [4.78, 5) is 30.9. The molecule has 1 unspecified atom stereocenters. The molecule has 1 atom stereocenters. The van der Waals surface area contributed by atoms with Crippen molar-refractivity contribution in [2.45, 2.75) is 19.9 Å². The van der Waals surface area contributed by atoms with E-state index >= 15 is 0 Å². The summed E-state index contributed by atoms with van der Waals surface area (Å²) < 4.78 is 0. The number of carbonyl (C=O) groups is 2. The number of benzene rings is 1. The van der Waals surface area contributed by atoms with Crippen LogP contribution in [0.25, 0.3) is 0 Å². The lowest BCUT2D eigenvalue weighted by Crippen LogP contribution is -2.44. The number of thioether (sulfide) groups is 1. The van der Waals surface area contributed by atoms with Gasteiger partial charge in [0, 0.05) is 17.0 Å². The molecule has 1 N–H and O–H groups in total. The minimum Gasteiger partial charge on any atom is -0.324 e. The second kappa shape index (κ2) is 7.86. The Labute approximate surface area is 166 Å². The van der Waals surface area contributed by atoms with Crippen LogP contribution in [0.4, 0.5) is 5.69 Å². The van der Waals surface area contributed by atoms with Crippen LogP contribution in [0.15, 0.2) is 30.3 Å². The van der Waals surface area contributed by atoms with E-state index in [9.17, 15) is 9.59 Å². The van der Waals surface area contributed by atoms with E-state index in [1.54, 1.807) is 0 Å². The fourth-order valence-electron chi connectivity index (χ4n) is 2.78. The molecule has 1 saturated heterocycles. The SMILES string of the molecule is Cc1ccc(NC(=O)C2CSCN2C(=O)c2cc(Cl)nc(Cl)c2)c(C)c1. The molecule has 1 aromatic carbocycles. The molecule has 8 heteroatoms. The fraction of sp³-hybridized carbons (Fsp3) is 0.278. The highest BCUT2D eigenvalue weighted by Crippen LogP contribution is 2.26. The number of anilines is 1. The van der Waals surface area contributed by atoms with E-state index in [0.717, 1.165) is 16.8 Å². The van der Waals surface area contributed by atoms with Gasteiger partial charge in [-0.2, -0.15) is 0 Å². The van der Waals surface area contributed by atoms with Crippen LogP contribution in [0.3, 0.4) is 0 Å². The largest absolute Gasteiger partial charge is 0.324 e. The van der Waals surface area contributed by atoms with Crippen LogP contribution in [0.1, 0.15) is 21.5 Å². The Balaban J connectivity index is 1.78. The van der Waals surface area contributed by atoms with Crippen molar-refractivity contribution in [1.82, 2.24) is 9.88 Å². The molecule has 3 rings (SSSR count). The maximum Gasteiger partial charge on any atom is 0.255 e. The minimum absolute atomic E-state index is 0.143. The van der Waals surface area contributed by atoms with Crippen LogP contribution in [0.2, 0.25) is 10.3 Å². The molecule has 0 spiro atoms. The first kappa shape index (κ1) is 19.0. The van der Waals surface area contributed by atoms with Crippen molar-refractivity contribution in [2.24, 2.45) is 0 Å². The monoisotopic (exact) mass is 409 g/mol. The van der Waals surface area contributed by atoms with Crippen LogP contribution in [-0.4, -0.2) is 39.4 Å². The van der Waals surface area contributed by atoms with E-state index in [0.29, 0.717) is 17.2 Å². The molecule has 1 fully saturated rings. The van der Waals surface area contributed by atoms with Gasteiger partial charge in [0.15, 0.2) is 0 Å². The molecule has 1 aromatic heterocycles. The molecule has 2 heterocycles. The summed E-state index contributed by atoms with van der Waals surface area (Å²) in [6.07, 6.45) is 0. The highest BCUT2D eigenvalue weighted by Gasteiger charge is 2.35. The topological polar surface area (TPSA) is 62.3 Å². The standard InChI is InChI=1S/C18H17Cl2N3O2S/c1-10-3-4-13(11(2)5-10)21-17(24)14-8-26-9-23(14)18(25)12-6-15(19)22-16(20)7-12/h3-7,14H,8-9H2,1-2H3,(H,21,24). The number of rotatable bonds is 3. The summed E-state index contributed by atoms with van der Waals surface area (Å²) in [6.45, 7) is 3.94. The van der Waals surface area contributed by atoms with Crippen LogP contribution < -0.4 is 5.32 Å². The van der Waals surface area contributed by atoms with Gasteiger partial charge >= 0.3 is 0 Å². The lowest BCUT2D eigenvalue weighted by Gasteiger charge is -2.23. The number of amides is 2. The van der Waals surface area contributed by atoms with Crippen molar-refractivity contribution in [1.29, 1.82) is 0 Å². The number of hydrogen-bond donors (Lipinski definition) is 1. The Morgan fingerprint density at radius 1 is 1.19 bits per heavy atom. The maximum atomic E-state index is 12.8. The number of nitrogens with zero attached hydrogens (tertiary/aromatic N) is 2. The molecular formula is C18H17Cl2N3O2S. The molecule has 1 aliphatic rings. The zero-order chi connectivity index (χ0) is 18.8. The lowest BCUT2D eigenvalue weighted by atomic mass is 10.1. The van der Waals surface area contributed by atoms with Gasteiger partial charge in [-0.05, 0) is 37.6 Å². The highest BCUT2D eigenvalue weighted by molar-refractivity contribution is 7.99. The molecular weight excluding hydrogens is 393 g/mol. The van der Waals surface area contributed by atoms with Crippen molar-refractivity contribution in [3.05, 3.63) is 57.3 Å². The molecule has 5 nitrogen and oxygen atoms in total. The average molecular weight is 410 g/mol. The van der Waals surface area contributed by atoms with Gasteiger partial charge in [0.05, 0.1) is 5.88 Å². The van der Waals surface area contributed by atoms with E-state index in [2.05, 4.69) is 10.3 Å². The van der Waals surface area contributed by atoms with Crippen molar-refractivity contribution >= 4 is 52.5 Å². The molecule has 0 saturated carbocycles. The molecule has 2 amide bonds. The Morgan fingerprint density at radius 3 is 2.54 bits per heavy atom. The second-order valence-corrected chi connectivity index (χ2v) is 7.87. The van der Waals surface area contributed by atoms with Gasteiger partial charge in [-0.25, -0.2) is 4.98 Å². The summed E-state index contributed by atoms with van der Waals surface area (Å²) in [7, 11) is 0. The quantitative estimate of drug-likeness (QED) is 0.772. The number of nitrogens with one attached hydrogen (secondary N) is 1. The number of carbonyl (C=O) groups excluding carboxylic acids is 2. The predicted molar refractivity (Wildman–Crippen MR) is 106 cm³/mol. The number of hydrogen-bond acceptors (Lipinski definition) is 4.